The van der Waals surface area contributed by atoms with Crippen LogP contribution in [0.1, 0.15) is 31.7 Å². The van der Waals surface area contributed by atoms with Gasteiger partial charge >= 0.3 is 0 Å². The first-order chi connectivity index (χ1) is 7.81. The zero-order chi connectivity index (χ0) is 11.8. The molecule has 0 saturated heterocycles. The monoisotopic (exact) mass is 245 g/mol. The van der Waals surface area contributed by atoms with Crippen LogP contribution < -0.4 is 5.32 Å². The molecule has 0 radical (unpaired) electrons. The van der Waals surface area contributed by atoms with E-state index >= 15 is 0 Å². The highest BCUT2D eigenvalue weighted by atomic mass is 32.1. The van der Waals surface area contributed by atoms with Crippen LogP contribution in [0, 0.1) is 0 Å². The molecule has 0 bridgehead atoms. The molecule has 1 N–H and O–H groups in total. The lowest BCUT2D eigenvalue weighted by molar-refractivity contribution is 0.0887. The number of methoxy groups -OCH3 is 2. The van der Waals surface area contributed by atoms with E-state index in [1.807, 2.05) is 0 Å². The summed E-state index contributed by atoms with van der Waals surface area (Å²) in [6, 6.07) is 0. The second kappa shape index (κ2) is 7.54. The molecule has 1 heterocycles. The van der Waals surface area contributed by atoms with Crippen molar-refractivity contribution in [2.75, 3.05) is 32.7 Å². The van der Waals surface area contributed by atoms with Crippen molar-refractivity contribution < 1.29 is 9.47 Å². The smallest absolute Gasteiger partial charge is 0.202 e. The fourth-order valence-electron chi connectivity index (χ4n) is 1.31. The summed E-state index contributed by atoms with van der Waals surface area (Å²) in [4.78, 5) is 4.39. The molecule has 0 saturated carbocycles. The molecule has 0 spiro atoms. The van der Waals surface area contributed by atoms with Gasteiger partial charge in [0.05, 0.1) is 6.61 Å². The van der Waals surface area contributed by atoms with Crippen LogP contribution in [-0.2, 0) is 9.47 Å². The molecule has 0 aliphatic heterocycles. The molecule has 1 unspecified atom stereocenters. The number of aromatic nitrogens is 2. The maximum atomic E-state index is 5.34. The van der Waals surface area contributed by atoms with Gasteiger partial charge in [0.2, 0.25) is 5.13 Å². The topological polar surface area (TPSA) is 56.3 Å². The minimum atomic E-state index is 0.0132. The van der Waals surface area contributed by atoms with E-state index in [2.05, 4.69) is 21.6 Å². The first kappa shape index (κ1) is 13.3. The van der Waals surface area contributed by atoms with Crippen LogP contribution in [0.2, 0.25) is 0 Å². The van der Waals surface area contributed by atoms with Gasteiger partial charge in [0.25, 0.3) is 0 Å². The number of hydrogen-bond acceptors (Lipinski definition) is 6. The first-order valence-corrected chi connectivity index (χ1v) is 6.18. The van der Waals surface area contributed by atoms with Gasteiger partial charge in [0.1, 0.15) is 6.10 Å². The largest absolute Gasteiger partial charge is 0.383 e. The van der Waals surface area contributed by atoms with E-state index in [9.17, 15) is 0 Å². The fourth-order valence-corrected chi connectivity index (χ4v) is 1.95. The predicted molar refractivity (Wildman–Crippen MR) is 64.9 cm³/mol. The second-order valence-corrected chi connectivity index (χ2v) is 4.14. The summed E-state index contributed by atoms with van der Waals surface area (Å²) in [5.74, 6) is 0.772. The number of rotatable bonds is 8. The van der Waals surface area contributed by atoms with Crippen LogP contribution in [0.5, 0.6) is 0 Å². The molecule has 1 atom stereocenters. The van der Waals surface area contributed by atoms with Gasteiger partial charge in [-0.25, -0.2) is 4.98 Å². The summed E-state index contributed by atoms with van der Waals surface area (Å²) in [5.41, 5.74) is 0. The number of hydrogen-bond donors (Lipinski definition) is 1. The molecule has 0 fully saturated rings. The van der Waals surface area contributed by atoms with E-state index in [1.54, 1.807) is 14.2 Å². The Bertz CT molecular complexity index is 293. The number of nitrogens with zero attached hydrogens (tertiary/aromatic N) is 2. The summed E-state index contributed by atoms with van der Waals surface area (Å²) in [5, 5.41) is 3.98. The first-order valence-electron chi connectivity index (χ1n) is 5.41. The van der Waals surface area contributed by atoms with E-state index in [0.717, 1.165) is 30.3 Å². The van der Waals surface area contributed by atoms with Crippen LogP contribution >= 0.6 is 11.5 Å². The van der Waals surface area contributed by atoms with Crippen molar-refractivity contribution in [3.63, 3.8) is 0 Å². The van der Waals surface area contributed by atoms with E-state index in [4.69, 9.17) is 9.47 Å². The molecule has 0 aliphatic rings. The zero-order valence-corrected chi connectivity index (χ0v) is 10.8. The average Bonchev–Trinajstić information content (AvgIpc) is 2.75. The minimum absolute atomic E-state index is 0.0132. The molecule has 5 nitrogen and oxygen atoms in total. The van der Waals surface area contributed by atoms with Crippen LogP contribution in [0.3, 0.4) is 0 Å². The second-order valence-electron chi connectivity index (χ2n) is 3.39. The van der Waals surface area contributed by atoms with Gasteiger partial charge in [-0.2, -0.15) is 4.37 Å². The van der Waals surface area contributed by atoms with Crippen molar-refractivity contribution in [1.29, 1.82) is 0 Å². The normalized spacial score (nSPS) is 12.7. The quantitative estimate of drug-likeness (QED) is 0.711. The van der Waals surface area contributed by atoms with Crippen molar-refractivity contribution >= 4 is 16.7 Å². The predicted octanol–water partition coefficient (Wildman–Crippen LogP) is 2.08. The highest BCUT2D eigenvalue weighted by Crippen LogP contribution is 2.22. The standard InChI is InChI=1S/C10H19N3O2S/c1-4-5-8(15-3)9-12-10(16-13-9)11-6-7-14-2/h8H,4-7H2,1-3H3,(H,11,12,13). The highest BCUT2D eigenvalue weighted by molar-refractivity contribution is 7.09. The SMILES string of the molecule is CCCC(OC)c1nsc(NCCOC)n1. The fraction of sp³-hybridized carbons (Fsp3) is 0.800. The van der Waals surface area contributed by atoms with Gasteiger partial charge in [0.15, 0.2) is 5.82 Å². The number of anilines is 1. The Labute approximate surface area is 100 Å². The molecule has 6 heteroatoms. The van der Waals surface area contributed by atoms with Crippen molar-refractivity contribution in [3.8, 4) is 0 Å². The number of ether oxygens (including phenoxy) is 2. The summed E-state index contributed by atoms with van der Waals surface area (Å²) >= 11 is 1.36. The van der Waals surface area contributed by atoms with Gasteiger partial charge in [0, 0.05) is 32.3 Å². The van der Waals surface area contributed by atoms with Gasteiger partial charge in [-0.3, -0.25) is 0 Å². The van der Waals surface area contributed by atoms with E-state index < -0.39 is 0 Å². The third-order valence-electron chi connectivity index (χ3n) is 2.15. The van der Waals surface area contributed by atoms with E-state index in [1.165, 1.54) is 11.5 Å². The molecule has 1 aromatic rings. The molecule has 92 valence electrons. The lowest BCUT2D eigenvalue weighted by Gasteiger charge is -2.09. The summed E-state index contributed by atoms with van der Waals surface area (Å²) < 4.78 is 14.6. The van der Waals surface area contributed by atoms with Gasteiger partial charge in [-0.15, -0.1) is 0 Å². The van der Waals surface area contributed by atoms with Crippen LogP contribution in [0.15, 0.2) is 0 Å². The minimum Gasteiger partial charge on any atom is -0.383 e. The Kier molecular flexibility index (Phi) is 6.29. The lowest BCUT2D eigenvalue weighted by Crippen LogP contribution is -2.08. The third kappa shape index (κ3) is 4.03. The Morgan fingerprint density at radius 2 is 2.25 bits per heavy atom. The average molecular weight is 245 g/mol. The molecule has 0 amide bonds. The van der Waals surface area contributed by atoms with Crippen molar-refractivity contribution in [1.82, 2.24) is 9.36 Å². The third-order valence-corrected chi connectivity index (χ3v) is 2.83. The van der Waals surface area contributed by atoms with Crippen LogP contribution in [0.25, 0.3) is 0 Å². The number of nitrogens with one attached hydrogen (secondary N) is 1. The van der Waals surface area contributed by atoms with Crippen molar-refractivity contribution in [2.24, 2.45) is 0 Å². The Balaban J connectivity index is 2.48. The molecule has 1 rings (SSSR count). The molecular weight excluding hydrogens is 226 g/mol. The van der Waals surface area contributed by atoms with E-state index in [-0.39, 0.29) is 6.10 Å². The maximum absolute atomic E-state index is 5.34. The Morgan fingerprint density at radius 3 is 2.88 bits per heavy atom. The Hall–Kier alpha value is -0.720. The maximum Gasteiger partial charge on any atom is 0.202 e. The summed E-state index contributed by atoms with van der Waals surface area (Å²) in [6.45, 7) is 3.53. The van der Waals surface area contributed by atoms with Crippen molar-refractivity contribution in [2.45, 2.75) is 25.9 Å². The molecule has 0 aliphatic carbocycles. The van der Waals surface area contributed by atoms with Crippen LogP contribution in [-0.4, -0.2) is 36.7 Å². The van der Waals surface area contributed by atoms with Gasteiger partial charge in [-0.05, 0) is 6.42 Å². The van der Waals surface area contributed by atoms with E-state index in [0.29, 0.717) is 6.61 Å². The van der Waals surface area contributed by atoms with Crippen molar-refractivity contribution in [3.05, 3.63) is 5.82 Å². The Morgan fingerprint density at radius 1 is 1.44 bits per heavy atom. The van der Waals surface area contributed by atoms with Gasteiger partial charge < -0.3 is 14.8 Å². The summed E-state index contributed by atoms with van der Waals surface area (Å²) in [7, 11) is 3.37. The molecular formula is C10H19N3O2S. The molecule has 1 aromatic heterocycles. The molecule has 16 heavy (non-hydrogen) atoms. The zero-order valence-electron chi connectivity index (χ0n) is 10.0. The van der Waals surface area contributed by atoms with Crippen LogP contribution in [0.4, 0.5) is 5.13 Å². The summed E-state index contributed by atoms with van der Waals surface area (Å²) in [6.07, 6.45) is 2.02. The van der Waals surface area contributed by atoms with Gasteiger partial charge in [-0.1, -0.05) is 13.3 Å². The molecule has 0 aromatic carbocycles. The lowest BCUT2D eigenvalue weighted by atomic mass is 10.2. The highest BCUT2D eigenvalue weighted by Gasteiger charge is 2.15.